The molecule has 0 aliphatic rings. The molecule has 0 radical (unpaired) electrons. The summed E-state index contributed by atoms with van der Waals surface area (Å²) in [6.07, 6.45) is 32.6. The molecule has 0 rings (SSSR count). The van der Waals surface area contributed by atoms with Crippen molar-refractivity contribution in [3.63, 3.8) is 0 Å². The summed E-state index contributed by atoms with van der Waals surface area (Å²) in [4.78, 5) is 37.4. The van der Waals surface area contributed by atoms with Crippen LogP contribution in [0.5, 0.6) is 0 Å². The lowest BCUT2D eigenvalue weighted by atomic mass is 10.0. The average molecular weight is 695 g/mol. The van der Waals surface area contributed by atoms with Gasteiger partial charge < -0.3 is 14.2 Å². The summed E-state index contributed by atoms with van der Waals surface area (Å²) in [5.74, 6) is 0.759. The molecule has 0 aromatic rings. The highest BCUT2D eigenvalue weighted by Gasteiger charge is 2.19. The largest absolute Gasteiger partial charge is 0.462 e. The van der Waals surface area contributed by atoms with Gasteiger partial charge in [0.25, 0.3) is 0 Å². The molecule has 0 bridgehead atoms. The predicted octanol–water partition coefficient (Wildman–Crippen LogP) is 13.0. The van der Waals surface area contributed by atoms with Gasteiger partial charge in [-0.3, -0.25) is 14.4 Å². The maximum absolute atomic E-state index is 12.6. The summed E-state index contributed by atoms with van der Waals surface area (Å²) in [6, 6.07) is 0. The van der Waals surface area contributed by atoms with Gasteiger partial charge >= 0.3 is 17.9 Å². The molecule has 0 aliphatic heterocycles. The maximum Gasteiger partial charge on any atom is 0.306 e. The molecule has 0 unspecified atom stereocenters. The Balaban J connectivity index is 4.23. The molecule has 0 aromatic carbocycles. The van der Waals surface area contributed by atoms with Crippen LogP contribution in [0.4, 0.5) is 0 Å². The SMILES string of the molecule is CCCCCCCC(=O)OC[C@H](COC(=O)CCCCCCCCCCCCC(C)C)OC(=O)CCCCCCCCCCCCC(C)C. The highest BCUT2D eigenvalue weighted by atomic mass is 16.6. The number of unbranched alkanes of at least 4 members (excludes halogenated alkanes) is 22. The Kier molecular flexibility index (Phi) is 35.0. The van der Waals surface area contributed by atoms with Gasteiger partial charge in [-0.15, -0.1) is 0 Å². The molecule has 290 valence electrons. The zero-order valence-electron chi connectivity index (χ0n) is 33.3. The molecule has 0 fully saturated rings. The summed E-state index contributed by atoms with van der Waals surface area (Å²) < 4.78 is 16.6. The van der Waals surface area contributed by atoms with E-state index in [4.69, 9.17) is 14.2 Å². The Hall–Kier alpha value is -1.59. The van der Waals surface area contributed by atoms with Crippen LogP contribution in [0.2, 0.25) is 0 Å². The first-order valence-electron chi connectivity index (χ1n) is 21.2. The first kappa shape index (κ1) is 47.4. The van der Waals surface area contributed by atoms with E-state index in [-0.39, 0.29) is 31.1 Å². The van der Waals surface area contributed by atoms with E-state index in [0.717, 1.165) is 76.0 Å². The number of carbonyl (C=O) groups is 3. The van der Waals surface area contributed by atoms with Gasteiger partial charge in [0, 0.05) is 19.3 Å². The van der Waals surface area contributed by atoms with Crippen LogP contribution >= 0.6 is 0 Å². The summed E-state index contributed by atoms with van der Waals surface area (Å²) in [5.41, 5.74) is 0. The van der Waals surface area contributed by atoms with Crippen molar-refractivity contribution in [1.29, 1.82) is 0 Å². The van der Waals surface area contributed by atoms with E-state index in [9.17, 15) is 14.4 Å². The fourth-order valence-corrected chi connectivity index (χ4v) is 6.22. The second kappa shape index (κ2) is 36.2. The van der Waals surface area contributed by atoms with Crippen molar-refractivity contribution in [1.82, 2.24) is 0 Å². The van der Waals surface area contributed by atoms with Crippen molar-refractivity contribution in [2.45, 2.75) is 233 Å². The zero-order chi connectivity index (χ0) is 36.2. The Labute approximate surface area is 304 Å². The van der Waals surface area contributed by atoms with Crippen molar-refractivity contribution in [3.05, 3.63) is 0 Å². The summed E-state index contributed by atoms with van der Waals surface area (Å²) in [5, 5.41) is 0. The van der Waals surface area contributed by atoms with Crippen LogP contribution in [0.15, 0.2) is 0 Å². The Bertz CT molecular complexity index is 749. The minimum atomic E-state index is -0.758. The molecule has 0 saturated carbocycles. The van der Waals surface area contributed by atoms with Crippen LogP contribution in [0, 0.1) is 11.8 Å². The molecule has 1 atom stereocenters. The van der Waals surface area contributed by atoms with Crippen LogP contribution < -0.4 is 0 Å². The normalized spacial score (nSPS) is 12.1. The molecule has 6 heteroatoms. The first-order chi connectivity index (χ1) is 23.7. The van der Waals surface area contributed by atoms with E-state index in [1.807, 2.05) is 0 Å². The van der Waals surface area contributed by atoms with Crippen LogP contribution in [0.3, 0.4) is 0 Å². The zero-order valence-corrected chi connectivity index (χ0v) is 33.3. The smallest absolute Gasteiger partial charge is 0.306 e. The molecule has 0 aromatic heterocycles. The van der Waals surface area contributed by atoms with Gasteiger partial charge in [-0.25, -0.2) is 0 Å². The van der Waals surface area contributed by atoms with Gasteiger partial charge in [0.05, 0.1) is 0 Å². The van der Waals surface area contributed by atoms with Gasteiger partial charge in [-0.05, 0) is 31.1 Å². The van der Waals surface area contributed by atoms with E-state index in [1.54, 1.807) is 0 Å². The average Bonchev–Trinajstić information content (AvgIpc) is 3.06. The molecular weight excluding hydrogens is 612 g/mol. The second-order valence-electron chi connectivity index (χ2n) is 15.6. The molecule has 0 aliphatic carbocycles. The number of esters is 3. The third-order valence-electron chi connectivity index (χ3n) is 9.47. The van der Waals surface area contributed by atoms with Crippen molar-refractivity contribution in [2.24, 2.45) is 11.8 Å². The van der Waals surface area contributed by atoms with Crippen molar-refractivity contribution in [3.8, 4) is 0 Å². The lowest BCUT2D eigenvalue weighted by Crippen LogP contribution is -2.30. The number of ether oxygens (including phenoxy) is 3. The van der Waals surface area contributed by atoms with E-state index < -0.39 is 6.10 Å². The molecule has 6 nitrogen and oxygen atoms in total. The highest BCUT2D eigenvalue weighted by molar-refractivity contribution is 5.71. The van der Waals surface area contributed by atoms with Crippen LogP contribution in [0.1, 0.15) is 227 Å². The maximum atomic E-state index is 12.6. The van der Waals surface area contributed by atoms with Gasteiger partial charge in [-0.2, -0.15) is 0 Å². The van der Waals surface area contributed by atoms with Gasteiger partial charge in [-0.1, -0.05) is 189 Å². The molecule has 0 spiro atoms. The van der Waals surface area contributed by atoms with Gasteiger partial charge in [0.1, 0.15) is 13.2 Å². The molecule has 0 heterocycles. The van der Waals surface area contributed by atoms with Crippen molar-refractivity contribution in [2.75, 3.05) is 13.2 Å². The summed E-state index contributed by atoms with van der Waals surface area (Å²) >= 11 is 0. The van der Waals surface area contributed by atoms with E-state index in [1.165, 1.54) is 109 Å². The van der Waals surface area contributed by atoms with Crippen molar-refractivity contribution < 1.29 is 28.6 Å². The van der Waals surface area contributed by atoms with Crippen LogP contribution in [-0.4, -0.2) is 37.2 Å². The van der Waals surface area contributed by atoms with Gasteiger partial charge in [0.2, 0.25) is 0 Å². The molecule has 0 amide bonds. The fourth-order valence-electron chi connectivity index (χ4n) is 6.22. The molecule has 49 heavy (non-hydrogen) atoms. The first-order valence-corrected chi connectivity index (χ1v) is 21.2. The fraction of sp³-hybridized carbons (Fsp3) is 0.930. The highest BCUT2D eigenvalue weighted by Crippen LogP contribution is 2.16. The van der Waals surface area contributed by atoms with Crippen LogP contribution in [0.25, 0.3) is 0 Å². The third kappa shape index (κ3) is 37.5. The lowest BCUT2D eigenvalue weighted by molar-refractivity contribution is -0.167. The second-order valence-corrected chi connectivity index (χ2v) is 15.6. The van der Waals surface area contributed by atoms with Crippen molar-refractivity contribution >= 4 is 17.9 Å². The Morgan fingerprint density at radius 3 is 1.00 bits per heavy atom. The Morgan fingerprint density at radius 1 is 0.388 bits per heavy atom. The quantitative estimate of drug-likeness (QED) is 0.0366. The number of rotatable bonds is 37. The lowest BCUT2D eigenvalue weighted by Gasteiger charge is -2.18. The Morgan fingerprint density at radius 2 is 0.673 bits per heavy atom. The monoisotopic (exact) mass is 695 g/mol. The van der Waals surface area contributed by atoms with E-state index in [0.29, 0.717) is 19.3 Å². The third-order valence-corrected chi connectivity index (χ3v) is 9.47. The summed E-state index contributed by atoms with van der Waals surface area (Å²) in [7, 11) is 0. The van der Waals surface area contributed by atoms with E-state index in [2.05, 4.69) is 34.6 Å². The number of hydrogen-bond acceptors (Lipinski definition) is 6. The molecule has 0 saturated heterocycles. The minimum absolute atomic E-state index is 0.0665. The number of hydrogen-bond donors (Lipinski definition) is 0. The minimum Gasteiger partial charge on any atom is -0.462 e. The molecule has 0 N–H and O–H groups in total. The predicted molar refractivity (Wildman–Crippen MR) is 206 cm³/mol. The molecular formula is C43H82O6. The standard InChI is InChI=1S/C43H82O6/c1-6-7-8-21-28-33-41(44)47-36-40(49-43(46)35-30-25-20-16-12-10-14-18-23-27-32-39(4)5)37-48-42(45)34-29-24-19-15-11-9-13-17-22-26-31-38(2)3/h38-40H,6-37H2,1-5H3/t40-/m1/s1. The van der Waals surface area contributed by atoms with Gasteiger partial charge in [0.15, 0.2) is 6.10 Å². The topological polar surface area (TPSA) is 78.9 Å². The number of carbonyl (C=O) groups excluding carboxylic acids is 3. The van der Waals surface area contributed by atoms with Crippen LogP contribution in [-0.2, 0) is 28.6 Å². The van der Waals surface area contributed by atoms with E-state index >= 15 is 0 Å². The summed E-state index contributed by atoms with van der Waals surface area (Å²) in [6.45, 7) is 11.2.